The van der Waals surface area contributed by atoms with Crippen LogP contribution in [0, 0.1) is 5.92 Å². The molecule has 1 aromatic heterocycles. The first kappa shape index (κ1) is 24.6. The molecular formula is C29H33N5O3. The Morgan fingerprint density at radius 3 is 2.32 bits per heavy atom. The van der Waals surface area contributed by atoms with Crippen molar-refractivity contribution in [2.75, 3.05) is 38.6 Å². The van der Waals surface area contributed by atoms with Crippen LogP contribution in [-0.2, 0) is 4.79 Å². The zero-order chi connectivity index (χ0) is 25.9. The minimum atomic E-state index is -0.153. The minimum Gasteiger partial charge on any atom is -0.457 e. The highest BCUT2D eigenvalue weighted by molar-refractivity contribution is 6.04. The molecular weight excluding hydrogens is 466 g/mol. The number of anilines is 1. The van der Waals surface area contributed by atoms with Gasteiger partial charge in [-0.1, -0.05) is 24.8 Å². The predicted molar refractivity (Wildman–Crippen MR) is 144 cm³/mol. The van der Waals surface area contributed by atoms with Gasteiger partial charge in [0.2, 0.25) is 5.91 Å². The van der Waals surface area contributed by atoms with Gasteiger partial charge in [0.1, 0.15) is 28.6 Å². The second-order valence-electron chi connectivity index (χ2n) is 9.65. The van der Waals surface area contributed by atoms with E-state index in [1.54, 1.807) is 7.05 Å². The monoisotopic (exact) mass is 499 g/mol. The fourth-order valence-electron chi connectivity index (χ4n) is 5.49. The van der Waals surface area contributed by atoms with Crippen LogP contribution in [0.15, 0.2) is 67.3 Å². The number of carbonyl (C=O) groups is 2. The standard InChI is InChI=1S/C29H33N5O3/c1-4-25(35)33-18-14-20(15-19-33)24-16-17-32(3)29-26(28(36)30-2)27(31-34(24)29)21-10-12-23(13-11-21)37-22-8-6-5-7-9-22/h4-13,20,24H,1,14-19H2,2-3H3,(H,30,36)/t24-/m0/s1. The Morgan fingerprint density at radius 2 is 1.68 bits per heavy atom. The lowest BCUT2D eigenvalue weighted by molar-refractivity contribution is -0.127. The van der Waals surface area contributed by atoms with Crippen molar-refractivity contribution in [3.63, 3.8) is 0 Å². The molecule has 0 aliphatic carbocycles. The molecule has 2 aliphatic rings. The van der Waals surface area contributed by atoms with Crippen LogP contribution in [0.1, 0.15) is 35.7 Å². The number of likely N-dealkylation sites (tertiary alicyclic amines) is 1. The molecule has 0 saturated carbocycles. The minimum absolute atomic E-state index is 0.00881. The number of fused-ring (bicyclic) bond motifs is 1. The van der Waals surface area contributed by atoms with Gasteiger partial charge in [0.05, 0.1) is 6.04 Å². The Kier molecular flexibility index (Phi) is 6.99. The van der Waals surface area contributed by atoms with E-state index >= 15 is 0 Å². The molecule has 1 saturated heterocycles. The topological polar surface area (TPSA) is 79.7 Å². The molecule has 0 radical (unpaired) electrons. The maximum absolute atomic E-state index is 13.2. The number of amides is 2. The summed E-state index contributed by atoms with van der Waals surface area (Å²) in [5.74, 6) is 2.55. The Labute approximate surface area is 217 Å². The van der Waals surface area contributed by atoms with Gasteiger partial charge in [0, 0.05) is 39.3 Å². The molecule has 2 amide bonds. The first-order valence-electron chi connectivity index (χ1n) is 12.8. The van der Waals surface area contributed by atoms with Gasteiger partial charge in [-0.3, -0.25) is 9.59 Å². The van der Waals surface area contributed by atoms with Crippen molar-refractivity contribution in [2.24, 2.45) is 5.92 Å². The number of benzene rings is 2. The largest absolute Gasteiger partial charge is 0.457 e. The summed E-state index contributed by atoms with van der Waals surface area (Å²) < 4.78 is 8.01. The van der Waals surface area contributed by atoms with Gasteiger partial charge in [0.25, 0.3) is 5.91 Å². The molecule has 5 rings (SSSR count). The van der Waals surface area contributed by atoms with Crippen LogP contribution in [0.4, 0.5) is 5.82 Å². The number of rotatable bonds is 6. The first-order chi connectivity index (χ1) is 18.0. The zero-order valence-electron chi connectivity index (χ0n) is 21.4. The number of carbonyl (C=O) groups excluding carboxylic acids is 2. The van der Waals surface area contributed by atoms with Crippen LogP contribution in [-0.4, -0.2) is 60.2 Å². The van der Waals surface area contributed by atoms with E-state index in [0.29, 0.717) is 17.2 Å². The second-order valence-corrected chi connectivity index (χ2v) is 9.65. The molecule has 0 unspecified atom stereocenters. The van der Waals surface area contributed by atoms with Gasteiger partial charge in [-0.15, -0.1) is 0 Å². The number of hydrogen-bond acceptors (Lipinski definition) is 5. The number of nitrogens with zero attached hydrogens (tertiary/aromatic N) is 4. The van der Waals surface area contributed by atoms with Gasteiger partial charge in [-0.2, -0.15) is 5.10 Å². The summed E-state index contributed by atoms with van der Waals surface area (Å²) in [5, 5.41) is 7.87. The molecule has 1 atom stereocenters. The van der Waals surface area contributed by atoms with E-state index in [4.69, 9.17) is 9.84 Å². The average molecular weight is 500 g/mol. The van der Waals surface area contributed by atoms with Crippen molar-refractivity contribution in [1.29, 1.82) is 0 Å². The smallest absolute Gasteiger partial charge is 0.257 e. The molecule has 2 aliphatic heterocycles. The van der Waals surface area contributed by atoms with Crippen molar-refractivity contribution < 1.29 is 14.3 Å². The van der Waals surface area contributed by atoms with Crippen molar-refractivity contribution in [2.45, 2.75) is 25.3 Å². The zero-order valence-corrected chi connectivity index (χ0v) is 21.4. The maximum Gasteiger partial charge on any atom is 0.257 e. The van der Waals surface area contributed by atoms with Crippen molar-refractivity contribution in [3.05, 3.63) is 72.8 Å². The molecule has 2 aromatic carbocycles. The molecule has 3 heterocycles. The molecule has 8 nitrogen and oxygen atoms in total. The van der Waals surface area contributed by atoms with E-state index in [9.17, 15) is 9.59 Å². The Balaban J connectivity index is 1.47. The summed E-state index contributed by atoms with van der Waals surface area (Å²) >= 11 is 0. The van der Waals surface area contributed by atoms with Crippen LogP contribution < -0.4 is 15.0 Å². The summed E-state index contributed by atoms with van der Waals surface area (Å²) in [6.45, 7) is 5.90. The van der Waals surface area contributed by atoms with Crippen molar-refractivity contribution in [3.8, 4) is 22.8 Å². The fourth-order valence-corrected chi connectivity index (χ4v) is 5.49. The summed E-state index contributed by atoms with van der Waals surface area (Å²) in [7, 11) is 3.67. The molecule has 192 valence electrons. The number of piperidine rings is 1. The molecule has 0 spiro atoms. The Hall–Kier alpha value is -4.07. The fraction of sp³-hybridized carbons (Fsp3) is 0.345. The van der Waals surface area contributed by atoms with E-state index in [0.717, 1.165) is 61.8 Å². The van der Waals surface area contributed by atoms with E-state index in [2.05, 4.69) is 21.5 Å². The third-order valence-electron chi connectivity index (χ3n) is 7.45. The highest BCUT2D eigenvalue weighted by Crippen LogP contribution is 2.42. The highest BCUT2D eigenvalue weighted by Gasteiger charge is 2.37. The van der Waals surface area contributed by atoms with E-state index in [1.165, 1.54) is 6.08 Å². The lowest BCUT2D eigenvalue weighted by Crippen LogP contribution is -2.42. The lowest BCUT2D eigenvalue weighted by Gasteiger charge is -2.40. The van der Waals surface area contributed by atoms with Gasteiger partial charge in [-0.25, -0.2) is 4.68 Å². The Morgan fingerprint density at radius 1 is 1.00 bits per heavy atom. The predicted octanol–water partition coefficient (Wildman–Crippen LogP) is 4.51. The summed E-state index contributed by atoms with van der Waals surface area (Å²) in [6.07, 6.45) is 4.15. The summed E-state index contributed by atoms with van der Waals surface area (Å²) in [6, 6.07) is 17.5. The number of hydrogen-bond donors (Lipinski definition) is 1. The average Bonchev–Trinajstić information content (AvgIpc) is 3.35. The van der Waals surface area contributed by atoms with Gasteiger partial charge < -0.3 is 19.9 Å². The first-order valence-corrected chi connectivity index (χ1v) is 12.8. The molecule has 37 heavy (non-hydrogen) atoms. The van der Waals surface area contributed by atoms with Crippen LogP contribution >= 0.6 is 0 Å². The van der Waals surface area contributed by atoms with Crippen LogP contribution in [0.25, 0.3) is 11.3 Å². The van der Waals surface area contributed by atoms with E-state index in [-0.39, 0.29) is 17.9 Å². The lowest BCUT2D eigenvalue weighted by atomic mass is 9.86. The molecule has 0 bridgehead atoms. The molecule has 3 aromatic rings. The molecule has 1 N–H and O–H groups in total. The molecule has 1 fully saturated rings. The van der Waals surface area contributed by atoms with Crippen LogP contribution in [0.2, 0.25) is 0 Å². The van der Waals surface area contributed by atoms with Crippen LogP contribution in [0.5, 0.6) is 11.5 Å². The number of para-hydroxylation sites is 1. The van der Waals surface area contributed by atoms with Gasteiger partial charge in [0.15, 0.2) is 0 Å². The SMILES string of the molecule is C=CC(=O)N1CCC([C@@H]2CCN(C)c3c(C(=O)NC)c(-c4ccc(Oc5ccccc5)cc4)nn32)CC1. The summed E-state index contributed by atoms with van der Waals surface area (Å²) in [4.78, 5) is 29.2. The van der Waals surface area contributed by atoms with Crippen molar-refractivity contribution in [1.82, 2.24) is 20.0 Å². The normalized spacial score (nSPS) is 17.7. The number of aromatic nitrogens is 2. The number of ether oxygens (including phenoxy) is 1. The molecule has 8 heteroatoms. The summed E-state index contributed by atoms with van der Waals surface area (Å²) in [5.41, 5.74) is 2.11. The van der Waals surface area contributed by atoms with Gasteiger partial charge >= 0.3 is 0 Å². The van der Waals surface area contributed by atoms with Gasteiger partial charge in [-0.05, 0) is 67.7 Å². The third kappa shape index (κ3) is 4.83. The quantitative estimate of drug-likeness (QED) is 0.505. The van der Waals surface area contributed by atoms with E-state index in [1.807, 2.05) is 66.5 Å². The number of nitrogens with one attached hydrogen (secondary N) is 1. The van der Waals surface area contributed by atoms with E-state index < -0.39 is 0 Å². The van der Waals surface area contributed by atoms with Crippen molar-refractivity contribution >= 4 is 17.6 Å². The Bertz CT molecular complexity index is 1280. The van der Waals surface area contributed by atoms with Crippen LogP contribution in [0.3, 0.4) is 0 Å². The third-order valence-corrected chi connectivity index (χ3v) is 7.45. The maximum atomic E-state index is 13.2. The highest BCUT2D eigenvalue weighted by atomic mass is 16.5. The second kappa shape index (κ2) is 10.5.